The third-order valence-electron chi connectivity index (χ3n) is 3.24. The molecular formula is C15H13Cl2N3O3S. The van der Waals surface area contributed by atoms with E-state index in [4.69, 9.17) is 27.9 Å². The van der Waals surface area contributed by atoms with E-state index < -0.39 is 17.1 Å². The quantitative estimate of drug-likeness (QED) is 0.629. The summed E-state index contributed by atoms with van der Waals surface area (Å²) in [6.45, 7) is 0. The van der Waals surface area contributed by atoms with Gasteiger partial charge >= 0.3 is 5.16 Å². The van der Waals surface area contributed by atoms with Crippen molar-refractivity contribution >= 4 is 46.0 Å². The zero-order valence-electron chi connectivity index (χ0n) is 12.6. The van der Waals surface area contributed by atoms with Crippen LogP contribution in [0.5, 0.6) is 5.88 Å². The Morgan fingerprint density at radius 2 is 2.04 bits per heavy atom. The van der Waals surface area contributed by atoms with Gasteiger partial charge in [0.25, 0.3) is 5.91 Å². The fourth-order valence-electron chi connectivity index (χ4n) is 1.88. The van der Waals surface area contributed by atoms with Crippen molar-refractivity contribution in [2.24, 2.45) is 0 Å². The Morgan fingerprint density at radius 3 is 2.62 bits per heavy atom. The van der Waals surface area contributed by atoms with Crippen LogP contribution in [-0.4, -0.2) is 32.8 Å². The lowest BCUT2D eigenvalue weighted by Gasteiger charge is -2.12. The number of hydrogen-bond donors (Lipinski definition) is 1. The van der Waals surface area contributed by atoms with Gasteiger partial charge in [-0.1, -0.05) is 29.3 Å². The van der Waals surface area contributed by atoms with Crippen LogP contribution < -0.4 is 10.1 Å². The number of nitrogens with one attached hydrogen (secondary N) is 1. The number of hydrogen-bond acceptors (Lipinski definition) is 5. The largest absolute Gasteiger partial charge is 0.609 e. The van der Waals surface area contributed by atoms with Crippen LogP contribution in [0, 0.1) is 0 Å². The molecule has 0 saturated heterocycles. The molecule has 1 atom stereocenters. The van der Waals surface area contributed by atoms with Crippen LogP contribution in [0.25, 0.3) is 0 Å². The lowest BCUT2D eigenvalue weighted by atomic mass is 10.2. The van der Waals surface area contributed by atoms with E-state index in [1.165, 1.54) is 12.5 Å². The second-order valence-electron chi connectivity index (χ2n) is 5.19. The van der Waals surface area contributed by atoms with Crippen LogP contribution in [0.3, 0.4) is 0 Å². The lowest BCUT2D eigenvalue weighted by Crippen LogP contribution is -2.17. The van der Waals surface area contributed by atoms with Crippen molar-refractivity contribution in [1.29, 1.82) is 0 Å². The number of carbonyl (C=O) groups is 1. The van der Waals surface area contributed by atoms with Gasteiger partial charge in [-0.05, 0) is 25.0 Å². The van der Waals surface area contributed by atoms with E-state index in [1.807, 2.05) is 0 Å². The summed E-state index contributed by atoms with van der Waals surface area (Å²) in [5.41, 5.74) is 0.429. The van der Waals surface area contributed by atoms with Crippen molar-refractivity contribution in [2.75, 3.05) is 11.6 Å². The fraction of sp³-hybridized carbons (Fsp3) is 0.267. The molecule has 1 saturated carbocycles. The first kappa shape index (κ1) is 17.3. The standard InChI is InChI=1S/C15H13Cl2N3O3S/c1-24(22)15-18-7-9(14(20-15)23-8-5-6-8)13(21)19-12-10(16)3-2-4-11(12)17/h2-4,7-8H,5-6H2,1H3,(H,19,21). The summed E-state index contributed by atoms with van der Waals surface area (Å²) in [7, 11) is 0. The van der Waals surface area contributed by atoms with Crippen molar-refractivity contribution in [3.05, 3.63) is 40.0 Å². The van der Waals surface area contributed by atoms with Gasteiger partial charge in [0.15, 0.2) is 0 Å². The van der Waals surface area contributed by atoms with E-state index >= 15 is 0 Å². The highest BCUT2D eigenvalue weighted by molar-refractivity contribution is 7.90. The molecule has 1 unspecified atom stereocenters. The van der Waals surface area contributed by atoms with Gasteiger partial charge in [0.1, 0.15) is 17.9 Å². The summed E-state index contributed by atoms with van der Waals surface area (Å²) >= 11 is 10.7. The SMILES string of the molecule is C[S+]([O-])c1ncc(C(=O)Nc2c(Cl)cccc2Cl)c(OC2CC2)n1. The van der Waals surface area contributed by atoms with Crippen LogP contribution in [0.15, 0.2) is 29.6 Å². The van der Waals surface area contributed by atoms with Crippen molar-refractivity contribution in [2.45, 2.75) is 24.1 Å². The summed E-state index contributed by atoms with van der Waals surface area (Å²) in [4.78, 5) is 20.6. The number of benzene rings is 1. The minimum absolute atomic E-state index is 0.0218. The number of nitrogens with zero attached hydrogens (tertiary/aromatic N) is 2. The molecule has 0 aliphatic heterocycles. The van der Waals surface area contributed by atoms with Gasteiger partial charge in [-0.3, -0.25) is 4.79 Å². The highest BCUT2D eigenvalue weighted by Crippen LogP contribution is 2.32. The first-order valence-corrected chi connectivity index (χ1v) is 9.39. The minimum Gasteiger partial charge on any atom is -0.609 e. The average molecular weight is 386 g/mol. The van der Waals surface area contributed by atoms with Crippen LogP contribution in [-0.2, 0) is 11.2 Å². The molecule has 0 radical (unpaired) electrons. The van der Waals surface area contributed by atoms with Crippen molar-refractivity contribution in [3.63, 3.8) is 0 Å². The molecule has 0 bridgehead atoms. The lowest BCUT2D eigenvalue weighted by molar-refractivity contribution is 0.102. The second kappa shape index (κ2) is 7.14. The van der Waals surface area contributed by atoms with E-state index in [1.54, 1.807) is 18.2 Å². The minimum atomic E-state index is -1.38. The number of rotatable bonds is 5. The molecule has 3 rings (SSSR count). The Labute approximate surface area is 151 Å². The van der Waals surface area contributed by atoms with E-state index in [9.17, 15) is 9.35 Å². The average Bonchev–Trinajstić information content (AvgIpc) is 3.34. The third kappa shape index (κ3) is 3.92. The van der Waals surface area contributed by atoms with Crippen molar-refractivity contribution in [3.8, 4) is 5.88 Å². The summed E-state index contributed by atoms with van der Waals surface area (Å²) in [5, 5.41) is 3.37. The number of amides is 1. The zero-order chi connectivity index (χ0) is 17.3. The second-order valence-corrected chi connectivity index (χ2v) is 7.28. The molecule has 1 aromatic heterocycles. The van der Waals surface area contributed by atoms with E-state index in [0.29, 0.717) is 15.7 Å². The molecule has 6 nitrogen and oxygen atoms in total. The topological polar surface area (TPSA) is 87.2 Å². The number of para-hydroxylation sites is 1. The first-order chi connectivity index (χ1) is 11.5. The molecule has 9 heteroatoms. The summed E-state index contributed by atoms with van der Waals surface area (Å²) in [6.07, 6.45) is 4.56. The van der Waals surface area contributed by atoms with Crippen LogP contribution in [0.1, 0.15) is 23.2 Å². The van der Waals surface area contributed by atoms with Gasteiger partial charge in [0.05, 0.1) is 21.9 Å². The van der Waals surface area contributed by atoms with Gasteiger partial charge in [-0.25, -0.2) is 0 Å². The first-order valence-electron chi connectivity index (χ1n) is 7.08. The predicted molar refractivity (Wildman–Crippen MR) is 92.4 cm³/mol. The van der Waals surface area contributed by atoms with E-state index in [-0.39, 0.29) is 22.7 Å². The maximum absolute atomic E-state index is 12.6. The highest BCUT2D eigenvalue weighted by atomic mass is 35.5. The molecule has 1 aliphatic carbocycles. The van der Waals surface area contributed by atoms with Crippen molar-refractivity contribution in [1.82, 2.24) is 9.97 Å². The van der Waals surface area contributed by atoms with Crippen LogP contribution >= 0.6 is 23.2 Å². The van der Waals surface area contributed by atoms with Gasteiger partial charge in [0, 0.05) is 11.2 Å². The molecule has 1 aliphatic rings. The Balaban J connectivity index is 1.90. The summed E-state index contributed by atoms with van der Waals surface area (Å²) in [5.74, 6) is -0.396. The molecule has 2 aromatic rings. The Morgan fingerprint density at radius 1 is 1.38 bits per heavy atom. The number of ether oxygens (including phenoxy) is 1. The fourth-order valence-corrected chi connectivity index (χ4v) is 2.78. The van der Waals surface area contributed by atoms with Crippen LogP contribution in [0.2, 0.25) is 10.0 Å². The smallest absolute Gasteiger partial charge is 0.345 e. The van der Waals surface area contributed by atoms with E-state index in [0.717, 1.165) is 12.8 Å². The normalized spacial score (nSPS) is 15.0. The Hall–Kier alpha value is -1.54. The molecule has 1 fully saturated rings. The van der Waals surface area contributed by atoms with Crippen molar-refractivity contribution < 1.29 is 14.1 Å². The maximum Gasteiger partial charge on any atom is 0.345 e. The zero-order valence-corrected chi connectivity index (χ0v) is 14.9. The molecule has 24 heavy (non-hydrogen) atoms. The van der Waals surface area contributed by atoms with E-state index in [2.05, 4.69) is 15.3 Å². The third-order valence-corrected chi connectivity index (χ3v) is 4.58. The number of halogens is 2. The van der Waals surface area contributed by atoms with Gasteiger partial charge in [0.2, 0.25) is 5.88 Å². The van der Waals surface area contributed by atoms with Gasteiger partial charge in [-0.2, -0.15) is 4.98 Å². The summed E-state index contributed by atoms with van der Waals surface area (Å²) < 4.78 is 17.2. The van der Waals surface area contributed by atoms with Gasteiger partial charge < -0.3 is 14.6 Å². The van der Waals surface area contributed by atoms with Crippen LogP contribution in [0.4, 0.5) is 5.69 Å². The maximum atomic E-state index is 12.6. The monoisotopic (exact) mass is 385 g/mol. The molecule has 1 aromatic carbocycles. The molecule has 1 N–H and O–H groups in total. The Kier molecular flexibility index (Phi) is 5.15. The number of aromatic nitrogens is 2. The summed E-state index contributed by atoms with van der Waals surface area (Å²) in [6, 6.07) is 4.91. The number of anilines is 1. The van der Waals surface area contributed by atoms with Gasteiger partial charge in [-0.15, -0.1) is 4.98 Å². The number of carbonyl (C=O) groups excluding carboxylic acids is 1. The predicted octanol–water partition coefficient (Wildman–Crippen LogP) is 3.31. The molecular weight excluding hydrogens is 373 g/mol. The highest BCUT2D eigenvalue weighted by Gasteiger charge is 2.28. The molecule has 126 valence electrons. The molecule has 1 amide bonds. The molecule has 1 heterocycles. The Bertz CT molecular complexity index is 764. The molecule has 0 spiro atoms.